The number of fused-ring (bicyclic) bond motifs is 5. The fourth-order valence-electron chi connectivity index (χ4n) is 12.0. The molecule has 1 fully saturated rings. The number of aromatic amines is 4. The molecule has 12 heterocycles. The molecule has 1 aliphatic carbocycles. The second-order valence-electron chi connectivity index (χ2n) is 25.0. The molecule has 5 aromatic carbocycles. The summed E-state index contributed by atoms with van der Waals surface area (Å²) < 4.78 is 19.6. The van der Waals surface area contributed by atoms with E-state index in [-0.39, 0.29) is 42.9 Å². The lowest BCUT2D eigenvalue weighted by molar-refractivity contribution is 0.0946. The molecule has 37 heteroatoms. The maximum atomic E-state index is 12.3. The smallest absolute Gasteiger partial charge is 0.321 e. The average molecular weight is 1510 g/mol. The van der Waals surface area contributed by atoms with Gasteiger partial charge in [-0.05, 0) is 154 Å². The second kappa shape index (κ2) is 32.6. The normalized spacial score (nSPS) is 11.9. The lowest BCUT2D eigenvalue weighted by Crippen LogP contribution is -2.28. The SMILES string of the molecule is CCNC(=O)Nc1nc2c(-n3cccn3)cc(-c3ccc4c(c3)OCO4)cc2[nH]1.CCNC(=O)Nc1nc2c(-n3cccn3)cc(-c3cccnc3)cc2[nH]1.CCNC(=O)Nc1nc2c(-n3cccn3)cc(-c3cncnc3)cc2[nH]1.CCNC(=O)Nc1nc2c(-n3cccn3)cc(-n3cnc(C(=O)NC4CC4)c3)cc2[nH]1. The number of pyridine rings is 1. The van der Waals surface area contributed by atoms with E-state index in [2.05, 4.69) is 128 Å². The number of benzene rings is 5. The summed E-state index contributed by atoms with van der Waals surface area (Å²) in [5.41, 5.74) is 15.7. The average Bonchev–Trinajstić information content (AvgIpc) is 1.76. The minimum absolute atomic E-state index is 0.176. The highest BCUT2D eigenvalue weighted by atomic mass is 16.7. The number of nitrogens with one attached hydrogen (secondary N) is 13. The van der Waals surface area contributed by atoms with Crippen molar-refractivity contribution in [2.24, 2.45) is 0 Å². The first kappa shape index (κ1) is 72.0. The summed E-state index contributed by atoms with van der Waals surface area (Å²) in [5.74, 6) is 2.69. The third-order valence-corrected chi connectivity index (χ3v) is 17.2. The molecule has 0 radical (unpaired) electrons. The maximum Gasteiger partial charge on any atom is 0.321 e. The van der Waals surface area contributed by atoms with Crippen LogP contribution in [-0.2, 0) is 0 Å². The standard InChI is InChI=1S/C20H21N9O2.C20H18N6O3.C18H17N7O.C17H16N8O/c1-2-21-20(31)27-19-25-14-8-13(9-16(17(14)26-19)29-7-3-6-23-29)28-10-15(22-11-28)18(30)24-12-4-5-12;1-2-21-20(27)25-19-23-14-8-13(12-4-5-16-17(10-12)29-11-28-16)9-15(18(14)24-19)26-7-3-6-22-26;1-2-20-18(26)24-17-22-14-9-13(12-5-3-6-19-11-12)10-15(16(14)23-17)25-8-4-7-21-25;1-2-20-17(26)24-16-22-13-6-11(12-8-18-10-19-9-12)7-14(15(13)23-16)25-5-3-4-21-25/h3,6-12H,2,4-5H2,1H3,(H,24,30)(H3,21,25,26,27,31);3-10H,2,11H2,1H3,(H3,21,23,24,25,27);3-11H,2H2,1H3,(H3,20,22,23,24,26);3-10H,2H2,1H3,(H3,20,22,23,24,26). The number of rotatable bonds is 18. The van der Waals surface area contributed by atoms with E-state index < -0.39 is 0 Å². The minimum Gasteiger partial charge on any atom is -0.454 e. The largest absolute Gasteiger partial charge is 0.454 e. The van der Waals surface area contributed by atoms with E-state index in [1.165, 1.54) is 6.33 Å². The number of nitrogens with zero attached hydrogens (tertiary/aromatic N) is 17. The predicted molar refractivity (Wildman–Crippen MR) is 417 cm³/mol. The van der Waals surface area contributed by atoms with Crippen LogP contribution in [0.3, 0.4) is 0 Å². The van der Waals surface area contributed by atoms with Gasteiger partial charge >= 0.3 is 24.1 Å². The van der Waals surface area contributed by atoms with Crippen LogP contribution in [-0.4, -0.2) is 173 Å². The molecule has 0 unspecified atom stereocenters. The van der Waals surface area contributed by atoms with Gasteiger partial charge in [0.05, 0.1) is 50.5 Å². The molecule has 564 valence electrons. The van der Waals surface area contributed by atoms with Gasteiger partial charge in [-0.3, -0.25) is 31.0 Å². The molecule has 13 N–H and O–H groups in total. The molecule has 2 aliphatic rings. The van der Waals surface area contributed by atoms with Crippen LogP contribution in [0.25, 0.3) is 106 Å². The molecule has 18 rings (SSSR count). The first-order valence-corrected chi connectivity index (χ1v) is 35.6. The topological polar surface area (TPSA) is 455 Å². The Labute approximate surface area is 634 Å². The Bertz CT molecular complexity index is 5810. The van der Waals surface area contributed by atoms with Gasteiger partial charge in [0.25, 0.3) is 5.91 Å². The second-order valence-corrected chi connectivity index (χ2v) is 25.0. The third-order valence-electron chi connectivity index (χ3n) is 17.2. The van der Waals surface area contributed by atoms with Crippen LogP contribution < -0.4 is 57.3 Å². The molecule has 1 saturated carbocycles. The number of H-pyrrole nitrogens is 4. The van der Waals surface area contributed by atoms with Gasteiger partial charge in [-0.2, -0.15) is 20.4 Å². The number of hydrogen-bond acceptors (Lipinski definition) is 19. The summed E-state index contributed by atoms with van der Waals surface area (Å²) in [6, 6.07) is 31.7. The quantitative estimate of drug-likeness (QED) is 0.0379. The van der Waals surface area contributed by atoms with Crippen molar-refractivity contribution in [1.29, 1.82) is 0 Å². The fraction of sp³-hybridized carbons (Fsp3) is 0.160. The Morgan fingerprint density at radius 3 is 1.28 bits per heavy atom. The number of carbonyl (C=O) groups is 5. The van der Waals surface area contributed by atoms with Crippen LogP contribution in [0.15, 0.2) is 196 Å². The summed E-state index contributed by atoms with van der Waals surface area (Å²) >= 11 is 0. The number of carbonyl (C=O) groups excluding carboxylic acids is 5. The van der Waals surface area contributed by atoms with E-state index in [1.54, 1.807) is 85.4 Å². The Morgan fingerprint density at radius 2 is 0.857 bits per heavy atom. The first-order valence-electron chi connectivity index (χ1n) is 35.6. The van der Waals surface area contributed by atoms with E-state index in [9.17, 15) is 24.0 Å². The lowest BCUT2D eigenvalue weighted by Gasteiger charge is -2.08. The number of aromatic nitrogens is 21. The summed E-state index contributed by atoms with van der Waals surface area (Å²) in [5, 5.41) is 41.7. The highest BCUT2D eigenvalue weighted by Gasteiger charge is 2.26. The van der Waals surface area contributed by atoms with Crippen molar-refractivity contribution >= 4 is 98.0 Å². The molecule has 0 bridgehead atoms. The van der Waals surface area contributed by atoms with Crippen LogP contribution >= 0.6 is 0 Å². The number of imidazole rings is 5. The molecule has 0 spiro atoms. The van der Waals surface area contributed by atoms with Crippen molar-refractivity contribution in [1.82, 2.24) is 130 Å². The summed E-state index contributed by atoms with van der Waals surface area (Å²) in [7, 11) is 0. The monoisotopic (exact) mass is 1500 g/mol. The van der Waals surface area contributed by atoms with Crippen molar-refractivity contribution in [3.05, 3.63) is 202 Å². The maximum absolute atomic E-state index is 12.3. The van der Waals surface area contributed by atoms with Crippen LogP contribution in [0.1, 0.15) is 51.0 Å². The van der Waals surface area contributed by atoms with Crippen LogP contribution in [0, 0.1) is 0 Å². The molecular weight excluding hydrogens is 1430 g/mol. The third kappa shape index (κ3) is 16.5. The van der Waals surface area contributed by atoms with Crippen LogP contribution in [0.4, 0.5) is 43.0 Å². The minimum atomic E-state index is -0.344. The van der Waals surface area contributed by atoms with Gasteiger partial charge in [0, 0.05) is 124 Å². The highest BCUT2D eigenvalue weighted by Crippen LogP contribution is 2.39. The van der Waals surface area contributed by atoms with Crippen LogP contribution in [0.5, 0.6) is 11.5 Å². The zero-order valence-electron chi connectivity index (χ0n) is 60.5. The van der Waals surface area contributed by atoms with Crippen molar-refractivity contribution in [2.75, 3.05) is 54.2 Å². The van der Waals surface area contributed by atoms with E-state index >= 15 is 0 Å². The molecule has 1 aliphatic heterocycles. The molecule has 16 aromatic rings. The number of amides is 9. The van der Waals surface area contributed by atoms with Gasteiger partial charge in [-0.1, -0.05) is 12.1 Å². The number of urea groups is 4. The number of hydrogen-bond donors (Lipinski definition) is 13. The van der Waals surface area contributed by atoms with E-state index in [0.717, 1.165) is 97.0 Å². The van der Waals surface area contributed by atoms with Crippen LogP contribution in [0.2, 0.25) is 0 Å². The molecule has 0 atom stereocenters. The number of ether oxygens (including phenoxy) is 2. The molecular formula is C75H72N30O7. The Kier molecular flexibility index (Phi) is 21.0. The molecule has 37 nitrogen and oxygen atoms in total. The summed E-state index contributed by atoms with van der Waals surface area (Å²) in [6.45, 7) is 9.72. The van der Waals surface area contributed by atoms with Gasteiger partial charge in [0.1, 0.15) is 40.4 Å². The van der Waals surface area contributed by atoms with Gasteiger partial charge in [-0.15, -0.1) is 0 Å². The van der Waals surface area contributed by atoms with Gasteiger partial charge < -0.3 is 60.6 Å². The van der Waals surface area contributed by atoms with Gasteiger partial charge in [0.2, 0.25) is 30.6 Å². The van der Waals surface area contributed by atoms with Gasteiger partial charge in [0.15, 0.2) is 11.5 Å². The summed E-state index contributed by atoms with van der Waals surface area (Å²) in [6.07, 6.45) is 28.0. The Morgan fingerprint density at radius 1 is 0.438 bits per heavy atom. The highest BCUT2D eigenvalue weighted by molar-refractivity contribution is 5.98. The van der Waals surface area contributed by atoms with Crippen molar-refractivity contribution < 1.29 is 33.4 Å². The summed E-state index contributed by atoms with van der Waals surface area (Å²) in [4.78, 5) is 107. The van der Waals surface area contributed by atoms with Crippen molar-refractivity contribution in [3.8, 4) is 73.3 Å². The van der Waals surface area contributed by atoms with Gasteiger partial charge in [-0.25, -0.2) is 72.8 Å². The number of anilines is 4. The fourth-order valence-corrected chi connectivity index (χ4v) is 12.0. The molecule has 11 aromatic heterocycles. The molecule has 112 heavy (non-hydrogen) atoms. The lowest BCUT2D eigenvalue weighted by atomic mass is 10.0. The first-order chi connectivity index (χ1) is 54.8. The van der Waals surface area contributed by atoms with E-state index in [1.807, 2.05) is 156 Å². The Balaban J connectivity index is 0.000000118. The zero-order valence-corrected chi connectivity index (χ0v) is 60.5. The zero-order chi connectivity index (χ0) is 77.0. The van der Waals surface area contributed by atoms with Crippen molar-refractivity contribution in [3.63, 3.8) is 0 Å². The van der Waals surface area contributed by atoms with Crippen molar-refractivity contribution in [2.45, 2.75) is 46.6 Å². The molecule has 9 amide bonds. The van der Waals surface area contributed by atoms with E-state index in [0.29, 0.717) is 89.0 Å². The predicted octanol–water partition coefficient (Wildman–Crippen LogP) is 10.6. The van der Waals surface area contributed by atoms with E-state index in [4.69, 9.17) is 9.47 Å². The molecule has 0 saturated heterocycles. The Hall–Kier alpha value is -15.6.